The van der Waals surface area contributed by atoms with Gasteiger partial charge < -0.3 is 24.3 Å². The van der Waals surface area contributed by atoms with Crippen LogP contribution in [0, 0.1) is 5.92 Å². The molecule has 6 nitrogen and oxygen atoms in total. The fourth-order valence-corrected chi connectivity index (χ4v) is 6.16. The number of nitrogens with zero attached hydrogens (tertiary/aromatic N) is 2. The van der Waals surface area contributed by atoms with Gasteiger partial charge in [0.2, 0.25) is 5.91 Å². The van der Waals surface area contributed by atoms with E-state index in [-0.39, 0.29) is 17.1 Å². The number of carbonyl (C=O) groups is 1. The number of amides is 1. The number of hydrogen-bond donors (Lipinski definition) is 1. The molecule has 2 atom stereocenters. The van der Waals surface area contributed by atoms with Crippen LogP contribution in [0.5, 0.6) is 5.75 Å². The lowest BCUT2D eigenvalue weighted by atomic mass is 9.79. The summed E-state index contributed by atoms with van der Waals surface area (Å²) in [4.78, 5) is 15.1. The fraction of sp³-hybridized carbons (Fsp3) is 0.500. The lowest BCUT2D eigenvalue weighted by Gasteiger charge is -2.42. The number of fused-ring (bicyclic) bond motifs is 4. The molecule has 2 aromatic rings. The number of rotatable bonds is 2. The van der Waals surface area contributed by atoms with E-state index >= 15 is 0 Å². The normalized spacial score (nSPS) is 27.8. The number of methoxy groups -OCH3 is 1. The molecule has 1 amide bonds. The van der Waals surface area contributed by atoms with Crippen LogP contribution in [0.2, 0.25) is 0 Å². The van der Waals surface area contributed by atoms with Gasteiger partial charge in [-0.1, -0.05) is 12.2 Å². The summed E-state index contributed by atoms with van der Waals surface area (Å²) >= 11 is 0. The molecular weight excluding hydrogens is 402 g/mol. The second kappa shape index (κ2) is 7.41. The molecule has 0 radical (unpaired) electrons. The molecule has 1 aromatic carbocycles. The van der Waals surface area contributed by atoms with Crippen molar-refractivity contribution in [2.24, 2.45) is 5.92 Å². The highest BCUT2D eigenvalue weighted by Crippen LogP contribution is 2.50. The first-order valence-electron chi connectivity index (χ1n) is 11.8. The maximum atomic E-state index is 13.0. The van der Waals surface area contributed by atoms with E-state index in [9.17, 15) is 4.79 Å². The van der Waals surface area contributed by atoms with Gasteiger partial charge in [-0.05, 0) is 56.4 Å². The van der Waals surface area contributed by atoms with Crippen LogP contribution >= 0.6 is 0 Å². The third-order valence-corrected chi connectivity index (χ3v) is 7.93. The van der Waals surface area contributed by atoms with E-state index in [2.05, 4.69) is 57.4 Å². The van der Waals surface area contributed by atoms with Crippen LogP contribution in [-0.2, 0) is 15.1 Å². The minimum absolute atomic E-state index is 0.166. The first kappa shape index (κ1) is 19.9. The van der Waals surface area contributed by atoms with E-state index in [1.165, 1.54) is 5.69 Å². The largest absolute Gasteiger partial charge is 0.497 e. The van der Waals surface area contributed by atoms with Crippen LogP contribution in [0.1, 0.15) is 44.2 Å². The number of benzene rings is 1. The summed E-state index contributed by atoms with van der Waals surface area (Å²) in [5.41, 5.74) is 3.02. The summed E-state index contributed by atoms with van der Waals surface area (Å²) in [5.74, 6) is 1.35. The van der Waals surface area contributed by atoms with Gasteiger partial charge in [0.05, 0.1) is 36.4 Å². The third kappa shape index (κ3) is 3.07. The summed E-state index contributed by atoms with van der Waals surface area (Å²) in [6.07, 6.45) is 12.1. The zero-order chi connectivity index (χ0) is 21.8. The average molecular weight is 434 g/mol. The highest BCUT2D eigenvalue weighted by molar-refractivity contribution is 5.79. The molecule has 2 unspecified atom stereocenters. The molecule has 4 aliphatic rings. The molecule has 6 heteroatoms. The number of ether oxygens (including phenoxy) is 2. The molecule has 0 saturated carbocycles. The number of carbonyl (C=O) groups excluding carboxylic acids is 1. The van der Waals surface area contributed by atoms with Crippen LogP contribution in [0.3, 0.4) is 0 Å². The van der Waals surface area contributed by atoms with Crippen molar-refractivity contribution in [3.63, 3.8) is 0 Å². The van der Waals surface area contributed by atoms with Gasteiger partial charge in [0, 0.05) is 37.7 Å². The Balaban J connectivity index is 1.22. The second-order valence-electron chi connectivity index (χ2n) is 9.81. The quantitative estimate of drug-likeness (QED) is 0.720. The Morgan fingerprint density at radius 3 is 2.88 bits per heavy atom. The highest BCUT2D eigenvalue weighted by atomic mass is 16.5. The van der Waals surface area contributed by atoms with Gasteiger partial charge in [0.25, 0.3) is 0 Å². The second-order valence-corrected chi connectivity index (χ2v) is 9.81. The lowest BCUT2D eigenvalue weighted by Crippen LogP contribution is -2.49. The van der Waals surface area contributed by atoms with E-state index in [1.54, 1.807) is 7.11 Å². The summed E-state index contributed by atoms with van der Waals surface area (Å²) in [6, 6.07) is 10.5. The molecule has 3 aliphatic heterocycles. The average Bonchev–Trinajstić information content (AvgIpc) is 3.46. The molecule has 6 rings (SSSR count). The van der Waals surface area contributed by atoms with Crippen LogP contribution in [0.4, 0.5) is 5.69 Å². The molecular formula is C26H31N3O3. The van der Waals surface area contributed by atoms with Crippen molar-refractivity contribution in [3.05, 3.63) is 54.4 Å². The van der Waals surface area contributed by atoms with Gasteiger partial charge in [-0.25, -0.2) is 0 Å². The Morgan fingerprint density at radius 1 is 1.22 bits per heavy atom. The lowest BCUT2D eigenvalue weighted by molar-refractivity contribution is -0.140. The maximum absolute atomic E-state index is 13.0. The Hall–Kier alpha value is -2.73. The molecule has 2 saturated heterocycles. The smallest absolute Gasteiger partial charge is 0.226 e. The molecule has 32 heavy (non-hydrogen) atoms. The Morgan fingerprint density at radius 2 is 2.09 bits per heavy atom. The van der Waals surface area contributed by atoms with E-state index in [1.807, 2.05) is 6.07 Å². The van der Waals surface area contributed by atoms with Crippen molar-refractivity contribution >= 4 is 11.6 Å². The molecule has 4 heterocycles. The van der Waals surface area contributed by atoms with E-state index in [0.717, 1.165) is 68.7 Å². The Kier molecular flexibility index (Phi) is 4.61. The number of allylic oxidation sites excluding steroid dienone is 2. The molecule has 1 aliphatic carbocycles. The van der Waals surface area contributed by atoms with Crippen molar-refractivity contribution in [1.82, 2.24) is 9.47 Å². The summed E-state index contributed by atoms with van der Waals surface area (Å²) < 4.78 is 14.3. The minimum Gasteiger partial charge on any atom is -0.497 e. The highest BCUT2D eigenvalue weighted by Gasteiger charge is 2.54. The SMILES string of the molecule is COc1ccc2c(c1)NC1(COC3(CCN(C(=O)C4CC=CCC4)CC3)C1)c1cccn1-2. The van der Waals surface area contributed by atoms with E-state index in [0.29, 0.717) is 12.5 Å². The third-order valence-electron chi connectivity index (χ3n) is 7.93. The molecule has 2 spiro atoms. The topological polar surface area (TPSA) is 55.7 Å². The summed E-state index contributed by atoms with van der Waals surface area (Å²) in [5, 5.41) is 3.83. The van der Waals surface area contributed by atoms with Crippen molar-refractivity contribution in [1.29, 1.82) is 0 Å². The monoisotopic (exact) mass is 433 g/mol. The van der Waals surface area contributed by atoms with Gasteiger partial charge in [-0.15, -0.1) is 0 Å². The molecule has 1 N–H and O–H groups in total. The minimum atomic E-state index is -0.261. The maximum Gasteiger partial charge on any atom is 0.226 e. The number of anilines is 1. The number of likely N-dealkylation sites (tertiary alicyclic amines) is 1. The van der Waals surface area contributed by atoms with Crippen LogP contribution < -0.4 is 10.1 Å². The molecule has 2 fully saturated rings. The van der Waals surface area contributed by atoms with Gasteiger partial charge in [-0.3, -0.25) is 4.79 Å². The zero-order valence-corrected chi connectivity index (χ0v) is 18.7. The van der Waals surface area contributed by atoms with Crippen molar-refractivity contribution in [3.8, 4) is 11.4 Å². The zero-order valence-electron chi connectivity index (χ0n) is 18.7. The molecule has 0 bridgehead atoms. The number of hydrogen-bond acceptors (Lipinski definition) is 4. The predicted octanol–water partition coefficient (Wildman–Crippen LogP) is 4.24. The van der Waals surface area contributed by atoms with Gasteiger partial charge in [0.15, 0.2) is 0 Å². The van der Waals surface area contributed by atoms with Crippen molar-refractivity contribution in [2.75, 3.05) is 32.1 Å². The van der Waals surface area contributed by atoms with Gasteiger partial charge >= 0.3 is 0 Å². The van der Waals surface area contributed by atoms with Crippen LogP contribution in [-0.4, -0.2) is 47.8 Å². The standard InChI is InChI=1S/C26H31N3O3/c1-31-20-9-10-22-21(16-20)27-26(23-8-5-13-29(22)23)17-25(32-18-26)11-14-28(15-12-25)24(30)19-6-3-2-4-7-19/h2-3,5,8-10,13,16,19,27H,4,6-7,11-12,14-15,17-18H2,1H3. The van der Waals surface area contributed by atoms with E-state index in [4.69, 9.17) is 9.47 Å². The van der Waals surface area contributed by atoms with Gasteiger partial charge in [0.1, 0.15) is 11.3 Å². The molecule has 1 aromatic heterocycles. The van der Waals surface area contributed by atoms with Crippen LogP contribution in [0.25, 0.3) is 5.69 Å². The number of nitrogens with one attached hydrogen (secondary N) is 1. The summed E-state index contributed by atoms with van der Waals surface area (Å²) in [6.45, 7) is 2.22. The van der Waals surface area contributed by atoms with Crippen LogP contribution in [0.15, 0.2) is 48.7 Å². The first-order valence-corrected chi connectivity index (χ1v) is 11.8. The first-order chi connectivity index (χ1) is 15.6. The van der Waals surface area contributed by atoms with E-state index < -0.39 is 0 Å². The number of piperidine rings is 1. The number of aromatic nitrogens is 1. The Bertz CT molecular complexity index is 1070. The Labute approximate surface area is 189 Å². The summed E-state index contributed by atoms with van der Waals surface area (Å²) in [7, 11) is 1.70. The fourth-order valence-electron chi connectivity index (χ4n) is 6.16. The van der Waals surface area contributed by atoms with Crippen molar-refractivity contribution in [2.45, 2.75) is 49.7 Å². The van der Waals surface area contributed by atoms with Gasteiger partial charge in [-0.2, -0.15) is 0 Å². The molecule has 168 valence electrons. The van der Waals surface area contributed by atoms with Crippen molar-refractivity contribution < 1.29 is 14.3 Å². The predicted molar refractivity (Wildman–Crippen MR) is 123 cm³/mol.